The van der Waals surface area contributed by atoms with E-state index < -0.39 is 4.92 Å². The molecule has 0 bridgehead atoms. The lowest BCUT2D eigenvalue weighted by Crippen LogP contribution is -2.33. The van der Waals surface area contributed by atoms with Crippen LogP contribution in [0.15, 0.2) is 42.5 Å². The van der Waals surface area contributed by atoms with Gasteiger partial charge in [-0.25, -0.2) is 0 Å². The number of benzene rings is 2. The molecule has 0 fully saturated rings. The van der Waals surface area contributed by atoms with E-state index in [1.54, 1.807) is 31.2 Å². The second kappa shape index (κ2) is 8.96. The van der Waals surface area contributed by atoms with Crippen LogP contribution in [0.1, 0.15) is 24.5 Å². The number of nitro benzene ring substituents is 1. The Morgan fingerprint density at radius 3 is 2.65 bits per heavy atom. The molecule has 0 spiro atoms. The number of hydrogen-bond donors (Lipinski definition) is 2. The van der Waals surface area contributed by atoms with Crippen LogP contribution in [-0.2, 0) is 11.3 Å². The first-order valence-corrected chi connectivity index (χ1v) is 8.44. The van der Waals surface area contributed by atoms with Crippen LogP contribution in [0.2, 0.25) is 0 Å². The average molecular weight is 357 g/mol. The summed E-state index contributed by atoms with van der Waals surface area (Å²) in [7, 11) is 0. The normalized spacial score (nSPS) is 10.7. The molecule has 0 aliphatic rings. The second-order valence-electron chi connectivity index (χ2n) is 6.15. The molecule has 0 radical (unpaired) electrons. The van der Waals surface area contributed by atoms with E-state index in [-0.39, 0.29) is 23.9 Å². The molecular weight excluding hydrogens is 334 g/mol. The van der Waals surface area contributed by atoms with Crippen molar-refractivity contribution in [2.75, 3.05) is 18.4 Å². The third-order valence-electron chi connectivity index (χ3n) is 3.98. The Hall–Kier alpha value is -2.93. The molecule has 138 valence electrons. The zero-order valence-corrected chi connectivity index (χ0v) is 14.9. The smallest absolute Gasteiger partial charge is 0.274 e. The lowest BCUT2D eigenvalue weighted by Gasteiger charge is -2.21. The summed E-state index contributed by atoms with van der Waals surface area (Å²) in [5.74, 6) is -0.0600. The Kier molecular flexibility index (Phi) is 6.68. The number of nitro groups is 1. The van der Waals surface area contributed by atoms with Crippen molar-refractivity contribution in [1.82, 2.24) is 4.90 Å². The van der Waals surface area contributed by atoms with Crippen molar-refractivity contribution in [2.24, 2.45) is 0 Å². The molecule has 0 aromatic heterocycles. The van der Waals surface area contributed by atoms with Crippen LogP contribution < -0.4 is 5.32 Å². The third-order valence-corrected chi connectivity index (χ3v) is 3.98. The minimum Gasteiger partial charge on any atom is -0.508 e. The largest absolute Gasteiger partial charge is 0.508 e. The number of carbonyl (C=O) groups excluding carboxylic acids is 1. The molecule has 0 saturated carbocycles. The molecule has 7 nitrogen and oxygen atoms in total. The number of aromatic hydroxyl groups is 1. The van der Waals surface area contributed by atoms with Gasteiger partial charge in [0.2, 0.25) is 5.91 Å². The number of aryl methyl sites for hydroxylation is 1. The van der Waals surface area contributed by atoms with Crippen LogP contribution >= 0.6 is 0 Å². The number of nitrogens with zero attached hydrogens (tertiary/aromatic N) is 2. The van der Waals surface area contributed by atoms with Gasteiger partial charge in [-0.05, 0) is 32.0 Å². The van der Waals surface area contributed by atoms with Crippen molar-refractivity contribution < 1.29 is 14.8 Å². The number of anilines is 1. The van der Waals surface area contributed by atoms with Crippen LogP contribution in [0.5, 0.6) is 5.75 Å². The fourth-order valence-corrected chi connectivity index (χ4v) is 2.70. The zero-order valence-electron chi connectivity index (χ0n) is 14.9. The van der Waals surface area contributed by atoms with Gasteiger partial charge in [0.25, 0.3) is 5.69 Å². The van der Waals surface area contributed by atoms with E-state index in [1.807, 2.05) is 24.0 Å². The van der Waals surface area contributed by atoms with Crippen LogP contribution in [0, 0.1) is 17.0 Å². The lowest BCUT2D eigenvalue weighted by molar-refractivity contribution is -0.385. The van der Waals surface area contributed by atoms with E-state index in [0.29, 0.717) is 24.3 Å². The van der Waals surface area contributed by atoms with Crippen LogP contribution in [0.4, 0.5) is 11.4 Å². The molecule has 2 aromatic rings. The minimum atomic E-state index is -0.466. The van der Waals surface area contributed by atoms with Crippen molar-refractivity contribution in [1.29, 1.82) is 0 Å². The number of amides is 1. The summed E-state index contributed by atoms with van der Waals surface area (Å²) >= 11 is 0. The molecule has 2 aromatic carbocycles. The summed E-state index contributed by atoms with van der Waals surface area (Å²) in [5.41, 5.74) is 1.66. The Labute approximate surface area is 152 Å². The summed E-state index contributed by atoms with van der Waals surface area (Å²) in [6.07, 6.45) is 0.858. The van der Waals surface area contributed by atoms with E-state index >= 15 is 0 Å². The quantitative estimate of drug-likeness (QED) is 0.557. The van der Waals surface area contributed by atoms with Crippen molar-refractivity contribution in [3.63, 3.8) is 0 Å². The maximum Gasteiger partial charge on any atom is 0.274 e. The number of phenolic OH excluding ortho intramolecular Hbond substituents is 1. The predicted molar refractivity (Wildman–Crippen MR) is 100 cm³/mol. The molecule has 2 N–H and O–H groups in total. The molecular formula is C19H23N3O4. The molecule has 1 amide bonds. The first kappa shape index (κ1) is 19.4. The molecule has 2 rings (SSSR count). The summed E-state index contributed by atoms with van der Waals surface area (Å²) < 4.78 is 0. The molecule has 0 saturated heterocycles. The monoisotopic (exact) mass is 357 g/mol. The average Bonchev–Trinajstić information content (AvgIpc) is 2.58. The zero-order chi connectivity index (χ0) is 19.1. The third kappa shape index (κ3) is 5.29. The Morgan fingerprint density at radius 2 is 2.00 bits per heavy atom. The van der Waals surface area contributed by atoms with Gasteiger partial charge in [0, 0.05) is 29.4 Å². The number of hydrogen-bond acceptors (Lipinski definition) is 5. The standard InChI is InChI=1S/C19H23N3O4/c1-3-10-21(12-15-6-4-5-7-18(15)23)13-19(24)20-16-9-8-14(2)17(11-16)22(25)26/h4-9,11,23H,3,10,12-13H2,1-2H3,(H,20,24). The van der Waals surface area contributed by atoms with Crippen LogP contribution in [0.3, 0.4) is 0 Å². The molecule has 0 aliphatic carbocycles. The van der Waals surface area contributed by atoms with Crippen molar-refractivity contribution in [3.8, 4) is 5.75 Å². The van der Waals surface area contributed by atoms with E-state index in [0.717, 1.165) is 12.0 Å². The number of carbonyl (C=O) groups is 1. The van der Waals surface area contributed by atoms with Gasteiger partial charge in [0.1, 0.15) is 5.75 Å². The highest BCUT2D eigenvalue weighted by Crippen LogP contribution is 2.22. The number of para-hydroxylation sites is 1. The highest BCUT2D eigenvalue weighted by atomic mass is 16.6. The highest BCUT2D eigenvalue weighted by molar-refractivity contribution is 5.92. The van der Waals surface area contributed by atoms with Gasteiger partial charge in [-0.1, -0.05) is 31.2 Å². The molecule has 7 heteroatoms. The van der Waals surface area contributed by atoms with Crippen LogP contribution in [-0.4, -0.2) is 33.9 Å². The SMILES string of the molecule is CCCN(CC(=O)Nc1ccc(C)c([N+](=O)[O-])c1)Cc1ccccc1O. The van der Waals surface area contributed by atoms with Gasteiger partial charge in [-0.2, -0.15) is 0 Å². The second-order valence-corrected chi connectivity index (χ2v) is 6.15. The lowest BCUT2D eigenvalue weighted by atomic mass is 10.1. The molecule has 0 heterocycles. The van der Waals surface area contributed by atoms with E-state index in [1.165, 1.54) is 6.07 Å². The molecule has 0 aliphatic heterocycles. The first-order chi connectivity index (χ1) is 12.4. The minimum absolute atomic E-state index is 0.0255. The van der Waals surface area contributed by atoms with Crippen LogP contribution in [0.25, 0.3) is 0 Å². The number of phenols is 1. The van der Waals surface area contributed by atoms with Gasteiger partial charge < -0.3 is 10.4 Å². The molecule has 0 unspecified atom stereocenters. The topological polar surface area (TPSA) is 95.7 Å². The van der Waals surface area contributed by atoms with Gasteiger partial charge >= 0.3 is 0 Å². The van der Waals surface area contributed by atoms with E-state index in [9.17, 15) is 20.0 Å². The fraction of sp³-hybridized carbons (Fsp3) is 0.316. The van der Waals surface area contributed by atoms with Gasteiger partial charge in [0.15, 0.2) is 0 Å². The van der Waals surface area contributed by atoms with Gasteiger partial charge in [-0.15, -0.1) is 0 Å². The summed E-state index contributed by atoms with van der Waals surface area (Å²) in [6, 6.07) is 11.6. The number of nitrogens with one attached hydrogen (secondary N) is 1. The summed E-state index contributed by atoms with van der Waals surface area (Å²) in [5, 5.41) is 23.6. The van der Waals surface area contributed by atoms with Gasteiger partial charge in [0.05, 0.1) is 11.5 Å². The summed E-state index contributed by atoms with van der Waals surface area (Å²) in [6.45, 7) is 4.93. The van der Waals surface area contributed by atoms with Crippen molar-refractivity contribution in [2.45, 2.75) is 26.8 Å². The number of rotatable bonds is 8. The predicted octanol–water partition coefficient (Wildman–Crippen LogP) is 3.46. The summed E-state index contributed by atoms with van der Waals surface area (Å²) in [4.78, 5) is 24.8. The maximum atomic E-state index is 12.4. The Bertz CT molecular complexity index is 792. The van der Waals surface area contributed by atoms with Crippen molar-refractivity contribution >= 4 is 17.3 Å². The maximum absolute atomic E-state index is 12.4. The highest BCUT2D eigenvalue weighted by Gasteiger charge is 2.15. The van der Waals surface area contributed by atoms with E-state index in [2.05, 4.69) is 5.32 Å². The van der Waals surface area contributed by atoms with E-state index in [4.69, 9.17) is 0 Å². The fourth-order valence-electron chi connectivity index (χ4n) is 2.70. The van der Waals surface area contributed by atoms with Gasteiger partial charge in [-0.3, -0.25) is 19.8 Å². The molecule has 26 heavy (non-hydrogen) atoms. The van der Waals surface area contributed by atoms with Crippen molar-refractivity contribution in [3.05, 3.63) is 63.7 Å². The Morgan fingerprint density at radius 1 is 1.27 bits per heavy atom. The first-order valence-electron chi connectivity index (χ1n) is 8.44. The Balaban J connectivity index is 2.05. The molecule has 0 atom stereocenters.